The van der Waals surface area contributed by atoms with Crippen LogP contribution in [0, 0.1) is 0 Å². The van der Waals surface area contributed by atoms with Crippen LogP contribution in [0.15, 0.2) is 36.4 Å². The molecule has 3 nitrogen and oxygen atoms in total. The van der Waals surface area contributed by atoms with Gasteiger partial charge >= 0.3 is 0 Å². The van der Waals surface area contributed by atoms with Gasteiger partial charge in [0.2, 0.25) is 0 Å². The van der Waals surface area contributed by atoms with E-state index in [1.165, 1.54) is 22.6 Å². The lowest BCUT2D eigenvalue weighted by molar-refractivity contribution is 0.0956. The molecule has 0 spiro atoms. The summed E-state index contributed by atoms with van der Waals surface area (Å²) in [5.74, 6) is 0.275. The molecule has 1 aromatic carbocycles. The number of benzene rings is 1. The summed E-state index contributed by atoms with van der Waals surface area (Å²) in [5, 5.41) is 6.32. The number of amides is 1. The van der Waals surface area contributed by atoms with Crippen molar-refractivity contribution in [2.75, 3.05) is 18.4 Å². The van der Waals surface area contributed by atoms with Gasteiger partial charge in [0.1, 0.15) is 0 Å². The van der Waals surface area contributed by atoms with Crippen molar-refractivity contribution in [3.8, 4) is 0 Å². The van der Waals surface area contributed by atoms with E-state index in [4.69, 9.17) is 11.6 Å². The first-order chi connectivity index (χ1) is 9.24. The lowest BCUT2D eigenvalue weighted by atomic mass is 10.0. The summed E-state index contributed by atoms with van der Waals surface area (Å²) >= 11 is 7.13. The summed E-state index contributed by atoms with van der Waals surface area (Å²) in [6, 6.07) is 11.7. The summed E-state index contributed by atoms with van der Waals surface area (Å²) in [7, 11) is 0. The molecule has 19 heavy (non-hydrogen) atoms. The molecular weight excluding hydrogens is 280 g/mol. The SMILES string of the molecule is O=C(NC[C@H]1CNc2ccccc21)c1ccc(Cl)s1. The predicted octanol–water partition coefficient (Wildman–Crippen LogP) is 3.34. The summed E-state index contributed by atoms with van der Waals surface area (Å²) in [4.78, 5) is 12.6. The maximum Gasteiger partial charge on any atom is 0.261 e. The first kappa shape index (κ1) is 12.5. The highest BCUT2D eigenvalue weighted by molar-refractivity contribution is 7.17. The van der Waals surface area contributed by atoms with Crippen LogP contribution in [0.25, 0.3) is 0 Å². The van der Waals surface area contributed by atoms with Gasteiger partial charge < -0.3 is 10.6 Å². The van der Waals surface area contributed by atoms with E-state index < -0.39 is 0 Å². The van der Waals surface area contributed by atoms with Gasteiger partial charge in [-0.25, -0.2) is 0 Å². The van der Waals surface area contributed by atoms with Gasteiger partial charge in [-0.2, -0.15) is 0 Å². The zero-order chi connectivity index (χ0) is 13.2. The van der Waals surface area contributed by atoms with Crippen LogP contribution in [0.5, 0.6) is 0 Å². The van der Waals surface area contributed by atoms with Gasteiger partial charge in [-0.15, -0.1) is 11.3 Å². The first-order valence-electron chi connectivity index (χ1n) is 6.10. The third kappa shape index (κ3) is 2.60. The molecule has 1 aliphatic heterocycles. The number of hydrogen-bond acceptors (Lipinski definition) is 3. The largest absolute Gasteiger partial charge is 0.384 e. The maximum absolute atomic E-state index is 11.9. The Morgan fingerprint density at radius 3 is 3.00 bits per heavy atom. The number of halogens is 1. The molecule has 3 rings (SSSR count). The molecule has 0 saturated carbocycles. The third-order valence-corrected chi connectivity index (χ3v) is 4.48. The topological polar surface area (TPSA) is 41.1 Å². The first-order valence-corrected chi connectivity index (χ1v) is 7.30. The van der Waals surface area contributed by atoms with E-state index in [0.717, 1.165) is 6.54 Å². The fourth-order valence-electron chi connectivity index (χ4n) is 2.28. The molecule has 1 atom stereocenters. The van der Waals surface area contributed by atoms with Crippen molar-refractivity contribution < 1.29 is 4.79 Å². The van der Waals surface area contributed by atoms with E-state index in [9.17, 15) is 4.79 Å². The van der Waals surface area contributed by atoms with E-state index in [-0.39, 0.29) is 5.91 Å². The number of para-hydroxylation sites is 1. The lowest BCUT2D eigenvalue weighted by Gasteiger charge is -2.10. The van der Waals surface area contributed by atoms with Gasteiger partial charge in [0, 0.05) is 24.7 Å². The zero-order valence-electron chi connectivity index (χ0n) is 10.2. The minimum Gasteiger partial charge on any atom is -0.384 e. The van der Waals surface area contributed by atoms with Crippen molar-refractivity contribution in [3.05, 3.63) is 51.2 Å². The molecule has 2 heterocycles. The Kier molecular flexibility index (Phi) is 3.44. The minimum absolute atomic E-state index is 0.0544. The molecule has 1 aromatic heterocycles. The van der Waals surface area contributed by atoms with E-state index in [0.29, 0.717) is 21.7 Å². The fourth-order valence-corrected chi connectivity index (χ4v) is 3.24. The molecule has 2 N–H and O–H groups in total. The maximum atomic E-state index is 11.9. The van der Waals surface area contributed by atoms with Crippen LogP contribution < -0.4 is 10.6 Å². The van der Waals surface area contributed by atoms with Gasteiger partial charge in [0.15, 0.2) is 0 Å². The highest BCUT2D eigenvalue weighted by atomic mass is 35.5. The van der Waals surface area contributed by atoms with Gasteiger partial charge in [0.25, 0.3) is 5.91 Å². The molecule has 0 aliphatic carbocycles. The van der Waals surface area contributed by atoms with Crippen molar-refractivity contribution in [2.45, 2.75) is 5.92 Å². The number of anilines is 1. The Hall–Kier alpha value is -1.52. The predicted molar refractivity (Wildman–Crippen MR) is 79.3 cm³/mol. The molecule has 0 fully saturated rings. The Morgan fingerprint density at radius 2 is 2.21 bits per heavy atom. The smallest absolute Gasteiger partial charge is 0.261 e. The number of thiophene rings is 1. The summed E-state index contributed by atoms with van der Waals surface area (Å²) in [5.41, 5.74) is 2.44. The van der Waals surface area contributed by atoms with Crippen LogP contribution in [0.1, 0.15) is 21.2 Å². The van der Waals surface area contributed by atoms with Crippen LogP contribution in [-0.2, 0) is 0 Å². The number of hydrogen-bond donors (Lipinski definition) is 2. The van der Waals surface area contributed by atoms with Crippen LogP contribution in [-0.4, -0.2) is 19.0 Å². The van der Waals surface area contributed by atoms with E-state index in [1.807, 2.05) is 12.1 Å². The summed E-state index contributed by atoms with van der Waals surface area (Å²) in [6.45, 7) is 1.50. The van der Waals surface area contributed by atoms with E-state index >= 15 is 0 Å². The van der Waals surface area contributed by atoms with E-state index in [1.54, 1.807) is 12.1 Å². The third-order valence-electron chi connectivity index (χ3n) is 3.25. The highest BCUT2D eigenvalue weighted by Crippen LogP contribution is 2.30. The lowest BCUT2D eigenvalue weighted by Crippen LogP contribution is -2.28. The van der Waals surface area contributed by atoms with Crippen LogP contribution >= 0.6 is 22.9 Å². The Labute approximate surface area is 120 Å². The molecule has 5 heteroatoms. The minimum atomic E-state index is -0.0544. The number of rotatable bonds is 3. The second kappa shape index (κ2) is 5.23. The highest BCUT2D eigenvalue weighted by Gasteiger charge is 2.22. The Bertz CT molecular complexity index is 611. The second-order valence-electron chi connectivity index (χ2n) is 4.48. The normalized spacial score (nSPS) is 16.8. The molecule has 98 valence electrons. The molecule has 0 radical (unpaired) electrons. The number of carbonyl (C=O) groups is 1. The molecule has 2 aromatic rings. The van der Waals surface area contributed by atoms with Gasteiger partial charge in [0.05, 0.1) is 9.21 Å². The van der Waals surface area contributed by atoms with Crippen LogP contribution in [0.3, 0.4) is 0 Å². The molecular formula is C14H13ClN2OS. The molecule has 0 bridgehead atoms. The summed E-state index contributed by atoms with van der Waals surface area (Å²) < 4.78 is 0.637. The monoisotopic (exact) mass is 292 g/mol. The van der Waals surface area contributed by atoms with Crippen molar-refractivity contribution in [2.24, 2.45) is 0 Å². The Morgan fingerprint density at radius 1 is 1.37 bits per heavy atom. The average Bonchev–Trinajstić information content (AvgIpc) is 3.02. The second-order valence-corrected chi connectivity index (χ2v) is 6.19. The van der Waals surface area contributed by atoms with Gasteiger partial charge in [-0.05, 0) is 23.8 Å². The number of nitrogens with one attached hydrogen (secondary N) is 2. The average molecular weight is 293 g/mol. The van der Waals surface area contributed by atoms with E-state index in [2.05, 4.69) is 22.8 Å². The van der Waals surface area contributed by atoms with Crippen LogP contribution in [0.4, 0.5) is 5.69 Å². The fraction of sp³-hybridized carbons (Fsp3) is 0.214. The van der Waals surface area contributed by atoms with Crippen molar-refractivity contribution >= 4 is 34.5 Å². The number of fused-ring (bicyclic) bond motifs is 1. The quantitative estimate of drug-likeness (QED) is 0.911. The van der Waals surface area contributed by atoms with Gasteiger partial charge in [-0.1, -0.05) is 29.8 Å². The standard InChI is InChI=1S/C14H13ClN2OS/c15-13-6-5-12(19-13)14(18)17-8-9-7-16-11-4-2-1-3-10(9)11/h1-6,9,16H,7-8H2,(H,17,18)/t9-/m1/s1. The van der Waals surface area contributed by atoms with Crippen molar-refractivity contribution in [1.82, 2.24) is 5.32 Å². The van der Waals surface area contributed by atoms with Crippen molar-refractivity contribution in [1.29, 1.82) is 0 Å². The summed E-state index contributed by atoms with van der Waals surface area (Å²) in [6.07, 6.45) is 0. The van der Waals surface area contributed by atoms with Crippen LogP contribution in [0.2, 0.25) is 4.34 Å². The van der Waals surface area contributed by atoms with Crippen molar-refractivity contribution in [3.63, 3.8) is 0 Å². The van der Waals surface area contributed by atoms with Gasteiger partial charge in [-0.3, -0.25) is 4.79 Å². The molecule has 0 unspecified atom stereocenters. The molecule has 1 aliphatic rings. The molecule has 1 amide bonds. The number of carbonyl (C=O) groups excluding carboxylic acids is 1. The molecule has 0 saturated heterocycles. The Balaban J connectivity index is 1.63. The zero-order valence-corrected chi connectivity index (χ0v) is 11.7.